The number of unbranched alkanes of at least 4 members (excludes halogenated alkanes) is 2. The molecule has 0 amide bonds. The van der Waals surface area contributed by atoms with Crippen LogP contribution >= 0.6 is 10.7 Å². The summed E-state index contributed by atoms with van der Waals surface area (Å²) in [6.45, 7) is 5.29. The lowest BCUT2D eigenvalue weighted by atomic mass is 10.0. The predicted molar refractivity (Wildman–Crippen MR) is 89.4 cm³/mol. The monoisotopic (exact) mass is 345 g/mol. The Kier molecular flexibility index (Phi) is 6.12. The van der Waals surface area contributed by atoms with Gasteiger partial charge in [-0.3, -0.25) is 0 Å². The van der Waals surface area contributed by atoms with Crippen molar-refractivity contribution in [1.29, 1.82) is 0 Å². The molecule has 0 atom stereocenters. The lowest BCUT2D eigenvalue weighted by Gasteiger charge is -2.19. The van der Waals surface area contributed by atoms with Crippen LogP contribution in [0.15, 0.2) is 17.0 Å². The molecule has 0 saturated carbocycles. The minimum atomic E-state index is -3.79. The molecule has 0 saturated heterocycles. The highest BCUT2D eigenvalue weighted by Crippen LogP contribution is 2.31. The molecule has 6 heteroatoms. The van der Waals surface area contributed by atoms with Crippen molar-refractivity contribution >= 4 is 19.7 Å². The van der Waals surface area contributed by atoms with Gasteiger partial charge in [0, 0.05) is 23.8 Å². The summed E-state index contributed by atoms with van der Waals surface area (Å²) < 4.78 is 28.6. The molecule has 124 valence electrons. The Morgan fingerprint density at radius 2 is 1.82 bits per heavy atom. The van der Waals surface area contributed by atoms with Gasteiger partial charge in [-0.05, 0) is 49.1 Å². The first kappa shape index (κ1) is 17.6. The quantitative estimate of drug-likeness (QED) is 0.586. The van der Waals surface area contributed by atoms with Crippen molar-refractivity contribution in [3.05, 3.63) is 23.3 Å². The average Bonchev–Trinajstić information content (AvgIpc) is 2.67. The molecule has 22 heavy (non-hydrogen) atoms. The lowest BCUT2D eigenvalue weighted by molar-refractivity contribution is 0.281. The van der Waals surface area contributed by atoms with Crippen molar-refractivity contribution in [3.63, 3.8) is 0 Å². The molecular weight excluding hydrogens is 322 g/mol. The van der Waals surface area contributed by atoms with E-state index in [0.29, 0.717) is 5.75 Å². The molecule has 0 N–H and O–H groups in total. The molecule has 4 nitrogen and oxygen atoms in total. The molecular formula is C16H24ClNO3S. The Morgan fingerprint density at radius 3 is 2.36 bits per heavy atom. The van der Waals surface area contributed by atoms with Crippen LogP contribution < -0.4 is 4.74 Å². The van der Waals surface area contributed by atoms with Gasteiger partial charge in [-0.1, -0.05) is 19.8 Å². The number of halogens is 1. The Balaban J connectivity index is 2.19. The normalized spacial score (nSPS) is 16.1. The molecule has 1 heterocycles. The van der Waals surface area contributed by atoms with E-state index in [1.165, 1.54) is 31.9 Å². The average molecular weight is 346 g/mol. The first-order valence-corrected chi connectivity index (χ1v) is 10.1. The topological polar surface area (TPSA) is 46.6 Å². The molecule has 1 aromatic carbocycles. The van der Waals surface area contributed by atoms with Crippen LogP contribution in [0.25, 0.3) is 0 Å². The highest BCUT2D eigenvalue weighted by molar-refractivity contribution is 8.13. The van der Waals surface area contributed by atoms with Gasteiger partial charge < -0.3 is 9.64 Å². The predicted octanol–water partition coefficient (Wildman–Crippen LogP) is 3.21. The number of hydrogen-bond donors (Lipinski definition) is 0. The minimum Gasteiger partial charge on any atom is -0.495 e. The first-order valence-electron chi connectivity index (χ1n) is 7.82. The van der Waals surface area contributed by atoms with Gasteiger partial charge >= 0.3 is 0 Å². The summed E-state index contributed by atoms with van der Waals surface area (Å²) >= 11 is 0. The highest BCUT2D eigenvalue weighted by Gasteiger charge is 2.22. The summed E-state index contributed by atoms with van der Waals surface area (Å²) in [5.74, 6) is 0.341. The molecule has 0 radical (unpaired) electrons. The van der Waals surface area contributed by atoms with Crippen molar-refractivity contribution in [1.82, 2.24) is 4.90 Å². The molecule has 1 aliphatic heterocycles. The molecule has 2 rings (SSSR count). The number of ether oxygens (including phenoxy) is 1. The first-order chi connectivity index (χ1) is 10.5. The summed E-state index contributed by atoms with van der Waals surface area (Å²) in [6, 6.07) is 3.52. The summed E-state index contributed by atoms with van der Waals surface area (Å²) in [6.07, 6.45) is 5.47. The molecule has 0 bridgehead atoms. The molecule has 0 unspecified atom stereocenters. The van der Waals surface area contributed by atoms with Crippen LogP contribution in [0, 0.1) is 0 Å². The van der Waals surface area contributed by atoms with E-state index in [0.717, 1.165) is 38.0 Å². The number of methoxy groups -OCH3 is 1. The Hall–Kier alpha value is -0.780. The molecule has 1 aliphatic rings. The lowest BCUT2D eigenvalue weighted by Crippen LogP contribution is -2.27. The summed E-state index contributed by atoms with van der Waals surface area (Å²) in [5, 5.41) is 0. The van der Waals surface area contributed by atoms with E-state index in [1.807, 2.05) is 6.07 Å². The fraction of sp³-hybridized carbons (Fsp3) is 0.625. The van der Waals surface area contributed by atoms with E-state index >= 15 is 0 Å². The fourth-order valence-corrected chi connectivity index (χ4v) is 3.96. The van der Waals surface area contributed by atoms with Crippen molar-refractivity contribution in [2.75, 3.05) is 26.7 Å². The van der Waals surface area contributed by atoms with E-state index in [1.54, 1.807) is 6.07 Å². The zero-order valence-electron chi connectivity index (χ0n) is 13.3. The third-order valence-electron chi connectivity index (χ3n) is 4.22. The summed E-state index contributed by atoms with van der Waals surface area (Å²) in [7, 11) is 3.21. The summed E-state index contributed by atoms with van der Waals surface area (Å²) in [4.78, 5) is 2.53. The second-order valence-electron chi connectivity index (χ2n) is 5.76. The zero-order valence-corrected chi connectivity index (χ0v) is 14.8. The summed E-state index contributed by atoms with van der Waals surface area (Å²) in [5.41, 5.74) is 2.23. The van der Waals surface area contributed by atoms with Gasteiger partial charge in [0.1, 0.15) is 10.6 Å². The highest BCUT2D eigenvalue weighted by atomic mass is 35.7. The van der Waals surface area contributed by atoms with E-state index in [2.05, 4.69) is 11.8 Å². The zero-order chi connectivity index (χ0) is 16.2. The Labute approximate surface area is 137 Å². The van der Waals surface area contributed by atoms with Crippen LogP contribution in [0.4, 0.5) is 0 Å². The van der Waals surface area contributed by atoms with Crippen LogP contribution in [0.3, 0.4) is 0 Å². The molecule has 0 aliphatic carbocycles. The number of rotatable bonds is 6. The Morgan fingerprint density at radius 1 is 1.18 bits per heavy atom. The van der Waals surface area contributed by atoms with Crippen molar-refractivity contribution in [2.24, 2.45) is 0 Å². The van der Waals surface area contributed by atoms with Crippen LogP contribution in [-0.2, 0) is 21.9 Å². The minimum absolute atomic E-state index is 0.0786. The molecule has 0 spiro atoms. The van der Waals surface area contributed by atoms with Gasteiger partial charge in [0.25, 0.3) is 9.05 Å². The molecule has 0 aromatic heterocycles. The second kappa shape index (κ2) is 7.66. The fourth-order valence-electron chi connectivity index (χ4n) is 2.94. The molecule has 0 fully saturated rings. The van der Waals surface area contributed by atoms with Gasteiger partial charge in [0.2, 0.25) is 0 Å². The maximum Gasteiger partial charge on any atom is 0.264 e. The standard InChI is InChI=1S/C16H24ClNO3S/c1-3-4-5-8-18-9-6-13-11-15(21-2)16(22(17,19)20)12-14(13)7-10-18/h11-12H,3-10H2,1-2H3. The number of benzene rings is 1. The maximum absolute atomic E-state index is 11.7. The van der Waals surface area contributed by atoms with Crippen LogP contribution in [-0.4, -0.2) is 40.1 Å². The van der Waals surface area contributed by atoms with Gasteiger partial charge in [0.15, 0.2) is 0 Å². The van der Waals surface area contributed by atoms with E-state index in [9.17, 15) is 8.42 Å². The number of hydrogen-bond acceptors (Lipinski definition) is 4. The third-order valence-corrected chi connectivity index (χ3v) is 5.56. The van der Waals surface area contributed by atoms with Crippen molar-refractivity contribution < 1.29 is 13.2 Å². The van der Waals surface area contributed by atoms with E-state index < -0.39 is 9.05 Å². The smallest absolute Gasteiger partial charge is 0.264 e. The third kappa shape index (κ3) is 4.37. The maximum atomic E-state index is 11.7. The van der Waals surface area contributed by atoms with E-state index in [4.69, 9.17) is 15.4 Å². The van der Waals surface area contributed by atoms with Crippen LogP contribution in [0.1, 0.15) is 37.3 Å². The Bertz CT molecular complexity index is 616. The largest absolute Gasteiger partial charge is 0.495 e. The number of fused-ring (bicyclic) bond motifs is 1. The van der Waals surface area contributed by atoms with Gasteiger partial charge in [0.05, 0.1) is 7.11 Å². The van der Waals surface area contributed by atoms with E-state index in [-0.39, 0.29) is 4.90 Å². The SMILES string of the molecule is CCCCCN1CCc2cc(OC)c(S(=O)(=O)Cl)cc2CC1. The second-order valence-corrected chi connectivity index (χ2v) is 8.29. The van der Waals surface area contributed by atoms with Gasteiger partial charge in [-0.25, -0.2) is 8.42 Å². The molecule has 1 aromatic rings. The van der Waals surface area contributed by atoms with Gasteiger partial charge in [-0.15, -0.1) is 0 Å². The van der Waals surface area contributed by atoms with Crippen molar-refractivity contribution in [3.8, 4) is 5.75 Å². The van der Waals surface area contributed by atoms with Gasteiger partial charge in [-0.2, -0.15) is 0 Å². The number of nitrogens with zero attached hydrogens (tertiary/aromatic N) is 1. The van der Waals surface area contributed by atoms with Crippen LogP contribution in [0.5, 0.6) is 5.75 Å². The van der Waals surface area contributed by atoms with Crippen molar-refractivity contribution in [2.45, 2.75) is 43.9 Å². The van der Waals surface area contributed by atoms with Crippen LogP contribution in [0.2, 0.25) is 0 Å².